The lowest BCUT2D eigenvalue weighted by Gasteiger charge is -2.40. The number of likely N-dealkylation sites (N-methyl/N-ethyl adjacent to an activating group) is 1. The van der Waals surface area contributed by atoms with Crippen molar-refractivity contribution in [3.05, 3.63) is 47.8 Å². The highest BCUT2D eigenvalue weighted by atomic mass is 32.2. The third-order valence-electron chi connectivity index (χ3n) is 12.5. The molecule has 1 aliphatic rings. The van der Waals surface area contributed by atoms with E-state index in [4.69, 9.17) is 24.0 Å². The van der Waals surface area contributed by atoms with E-state index in [-0.39, 0.29) is 56.1 Å². The lowest BCUT2D eigenvalue weighted by Crippen LogP contribution is -2.56. The van der Waals surface area contributed by atoms with E-state index in [2.05, 4.69) is 25.5 Å². The monoisotopic (exact) mass is 1000 g/mol. The van der Waals surface area contributed by atoms with E-state index < -0.39 is 69.9 Å². The van der Waals surface area contributed by atoms with Gasteiger partial charge in [-0.15, -0.1) is 5.10 Å². The quantitative estimate of drug-likeness (QED) is 0.0745. The number of methoxy groups -OCH3 is 2. The normalized spacial score (nSPS) is 17.1. The van der Waals surface area contributed by atoms with Crippen molar-refractivity contribution in [1.82, 2.24) is 44.6 Å². The van der Waals surface area contributed by atoms with Crippen LogP contribution in [0, 0.1) is 17.8 Å². The molecule has 1 aromatic heterocycles. The summed E-state index contributed by atoms with van der Waals surface area (Å²) in [6.45, 7) is 14.3. The van der Waals surface area contributed by atoms with Crippen molar-refractivity contribution in [2.75, 3.05) is 68.4 Å². The summed E-state index contributed by atoms with van der Waals surface area (Å²) in [5.74, 6) is -2.24. The predicted octanol–water partition coefficient (Wildman–Crippen LogP) is 3.15. The number of ether oxygens (including phenoxy) is 3. The van der Waals surface area contributed by atoms with Gasteiger partial charge in [0.2, 0.25) is 33.6 Å². The fourth-order valence-corrected chi connectivity index (χ4v) is 9.81. The van der Waals surface area contributed by atoms with Crippen LogP contribution in [-0.4, -0.2) is 183 Å². The summed E-state index contributed by atoms with van der Waals surface area (Å²) in [5.41, 5.74) is 1.17. The smallest absolute Gasteiger partial charge is 0.256 e. The number of nitrogens with zero attached hydrogens (tertiary/aromatic N) is 9. The number of carbonyl (C=O) groups excluding carboxylic acids is 4. The van der Waals surface area contributed by atoms with Gasteiger partial charge in [-0.1, -0.05) is 81.7 Å². The summed E-state index contributed by atoms with van der Waals surface area (Å²) < 4.78 is 47.5. The van der Waals surface area contributed by atoms with Gasteiger partial charge in [-0.2, -0.15) is 0 Å². The Morgan fingerprint density at radius 2 is 1.63 bits per heavy atom. The first kappa shape index (κ1) is 59.0. The summed E-state index contributed by atoms with van der Waals surface area (Å²) in [4.78, 5) is 74.0. The van der Waals surface area contributed by atoms with Gasteiger partial charge in [0, 0.05) is 75.9 Å². The number of hydrogen-bond donors (Lipinski definition) is 2. The molecule has 8 atom stereocenters. The highest BCUT2D eigenvalue weighted by molar-refractivity contribution is 7.90. The Hall–Kier alpha value is -5.35. The van der Waals surface area contributed by atoms with Crippen molar-refractivity contribution in [2.24, 2.45) is 27.9 Å². The highest BCUT2D eigenvalue weighted by Crippen LogP contribution is 2.30. The number of likely N-dealkylation sites (tertiary alicyclic amines) is 1. The molecule has 2 heterocycles. The van der Waals surface area contributed by atoms with Crippen molar-refractivity contribution < 1.29 is 46.6 Å². The number of benzene rings is 1. The van der Waals surface area contributed by atoms with Gasteiger partial charge >= 0.3 is 0 Å². The Kier molecular flexibility index (Phi) is 24.0. The first-order valence-electron chi connectivity index (χ1n) is 24.2. The second-order valence-corrected chi connectivity index (χ2v) is 20.5. The molecule has 4 amide bonds. The fourth-order valence-electron chi connectivity index (χ4n) is 8.75. The molecule has 22 heteroatoms. The number of aliphatic imine (C=N–C) groups is 1. The Bertz CT molecular complexity index is 2130. The molecule has 70 heavy (non-hydrogen) atoms. The summed E-state index contributed by atoms with van der Waals surface area (Å²) in [6.07, 6.45) is 2.18. The number of guanidine groups is 1. The van der Waals surface area contributed by atoms with Gasteiger partial charge in [0.1, 0.15) is 17.8 Å². The van der Waals surface area contributed by atoms with Crippen LogP contribution in [0.15, 0.2) is 46.7 Å². The van der Waals surface area contributed by atoms with Gasteiger partial charge < -0.3 is 44.0 Å². The third kappa shape index (κ3) is 17.5. The maximum absolute atomic E-state index is 14.4. The van der Waals surface area contributed by atoms with Crippen LogP contribution in [0.3, 0.4) is 0 Å². The van der Waals surface area contributed by atoms with Crippen LogP contribution in [0.1, 0.15) is 91.8 Å². The average Bonchev–Trinajstić information content (AvgIpc) is 3.98. The standard InChI is InChI=1S/C48H81N11O10S/c1-15-33(5)43(57(12)47(63)42(32(3)4)50-48(55(8)9)56(10)11)40(66-13)29-41(60)59-26-20-24-39(59)44(67-14)34(6)45(61)49-38(28-36-22-18-17-19-23-36)46(62)53-70(64,65)27-21-25-58-30-37(51-54-58)31-69-52-35(7)68-16-2/h17-19,22-23,30,32-34,38-40,42-44H,15-16,20-21,24-29,31H2,1-14H3,(H,49,61)(H,53,62)/b52-35+/t33-,34+,38-,39-,40+,42?,43-,44+/m0/s1. The second kappa shape index (κ2) is 28.5. The number of hydrogen-bond acceptors (Lipinski definition) is 14. The lowest BCUT2D eigenvalue weighted by atomic mass is 9.89. The van der Waals surface area contributed by atoms with Crippen molar-refractivity contribution in [1.29, 1.82) is 0 Å². The number of amides is 4. The second-order valence-electron chi connectivity index (χ2n) is 18.7. The molecule has 21 nitrogen and oxygen atoms in total. The maximum atomic E-state index is 14.4. The minimum atomic E-state index is -4.15. The Morgan fingerprint density at radius 3 is 2.21 bits per heavy atom. The molecule has 0 bridgehead atoms. The van der Waals surface area contributed by atoms with Crippen molar-refractivity contribution in [3.63, 3.8) is 0 Å². The van der Waals surface area contributed by atoms with Gasteiger partial charge in [0.05, 0.1) is 55.2 Å². The van der Waals surface area contributed by atoms with Crippen molar-refractivity contribution >= 4 is 45.5 Å². The number of aromatic nitrogens is 3. The summed E-state index contributed by atoms with van der Waals surface area (Å²) >= 11 is 0. The molecular formula is C48H81N11O10S. The third-order valence-corrected chi connectivity index (χ3v) is 13.9. The molecule has 0 aliphatic carbocycles. The van der Waals surface area contributed by atoms with Crippen LogP contribution in [0.25, 0.3) is 0 Å². The number of aryl methyl sites for hydroxylation is 1. The van der Waals surface area contributed by atoms with Gasteiger partial charge in [-0.3, -0.25) is 28.6 Å². The Morgan fingerprint density at radius 1 is 0.957 bits per heavy atom. The van der Waals surface area contributed by atoms with Crippen LogP contribution in [0.5, 0.6) is 0 Å². The van der Waals surface area contributed by atoms with E-state index in [9.17, 15) is 27.6 Å². The van der Waals surface area contributed by atoms with Crippen molar-refractivity contribution in [3.8, 4) is 0 Å². The molecule has 394 valence electrons. The lowest BCUT2D eigenvalue weighted by molar-refractivity contribution is -0.146. The molecule has 1 aliphatic heterocycles. The number of nitrogens with one attached hydrogen (secondary N) is 2. The Balaban J connectivity index is 1.76. The zero-order valence-corrected chi connectivity index (χ0v) is 44.8. The topological polar surface area (TPSA) is 232 Å². The fraction of sp³-hybridized carbons (Fsp3) is 0.708. The van der Waals surface area contributed by atoms with Gasteiger partial charge in [-0.05, 0) is 43.6 Å². The zero-order valence-electron chi connectivity index (χ0n) is 44.0. The predicted molar refractivity (Wildman–Crippen MR) is 268 cm³/mol. The zero-order chi connectivity index (χ0) is 52.3. The largest absolute Gasteiger partial charge is 0.479 e. The van der Waals surface area contributed by atoms with E-state index in [1.807, 2.05) is 78.7 Å². The number of sulfonamides is 1. The maximum Gasteiger partial charge on any atom is 0.256 e. The van der Waals surface area contributed by atoms with E-state index in [0.717, 1.165) is 6.42 Å². The minimum absolute atomic E-state index is 0.00766. The molecule has 0 spiro atoms. The van der Waals surface area contributed by atoms with Gasteiger partial charge in [-0.25, -0.2) is 13.4 Å². The first-order chi connectivity index (χ1) is 33.1. The summed E-state index contributed by atoms with van der Waals surface area (Å²) in [7, 11) is 8.16. The molecule has 1 fully saturated rings. The number of rotatable bonds is 27. The van der Waals surface area contributed by atoms with Crippen LogP contribution >= 0.6 is 0 Å². The Labute approximate surface area is 416 Å². The molecule has 1 aromatic carbocycles. The molecule has 0 saturated carbocycles. The van der Waals surface area contributed by atoms with Gasteiger partial charge in [0.15, 0.2) is 12.6 Å². The molecular weight excluding hydrogens is 923 g/mol. The van der Waals surface area contributed by atoms with Crippen LogP contribution in [-0.2, 0) is 67.8 Å². The first-order valence-corrected chi connectivity index (χ1v) is 25.9. The van der Waals surface area contributed by atoms with E-state index in [0.29, 0.717) is 49.1 Å². The molecule has 2 N–H and O–H groups in total. The van der Waals surface area contributed by atoms with Gasteiger partial charge in [0.25, 0.3) is 5.91 Å². The molecule has 1 saturated heterocycles. The summed E-state index contributed by atoms with van der Waals surface area (Å²) in [6, 6.07) is 6.04. The molecule has 2 aromatic rings. The van der Waals surface area contributed by atoms with Crippen LogP contribution < -0.4 is 10.0 Å². The molecule has 0 radical (unpaired) electrons. The van der Waals surface area contributed by atoms with E-state index >= 15 is 0 Å². The highest BCUT2D eigenvalue weighted by Gasteiger charge is 2.43. The number of carbonyl (C=O) groups is 4. The van der Waals surface area contributed by atoms with E-state index in [1.54, 1.807) is 68.3 Å². The SMILES string of the molecule is CCO/C(C)=N/OCc1cn(CCCS(=O)(=O)NC(=O)[C@H](Cc2ccccc2)NC(=O)[C@H](C)[C@@H](OC)[C@@H]2CCCN2C(=O)C[C@@H](OC)[C@H]([C@@H](C)CC)N(C)C(=O)C(N=C(N(C)C)N(C)C)C(C)C)nn1. The summed E-state index contributed by atoms with van der Waals surface area (Å²) in [5, 5.41) is 14.7. The van der Waals surface area contributed by atoms with Crippen LogP contribution in [0.4, 0.5) is 0 Å². The number of oxime groups is 1. The van der Waals surface area contributed by atoms with Crippen molar-refractivity contribution in [2.45, 2.75) is 137 Å². The minimum Gasteiger partial charge on any atom is -0.479 e. The molecule has 3 rings (SSSR count). The van der Waals surface area contributed by atoms with Crippen LogP contribution in [0.2, 0.25) is 0 Å². The average molecular weight is 1000 g/mol. The van der Waals surface area contributed by atoms with E-state index in [1.165, 1.54) is 11.8 Å². The molecule has 1 unspecified atom stereocenters.